The van der Waals surface area contributed by atoms with Crippen LogP contribution in [0.1, 0.15) is 50.7 Å². The fourth-order valence-electron chi connectivity index (χ4n) is 4.84. The van der Waals surface area contributed by atoms with Crippen LogP contribution in [-0.4, -0.2) is 33.4 Å². The number of hydrogen-bond donors (Lipinski definition) is 2. The SMILES string of the molecule is C/C=C(/O/C=C\CC)C(=O)N1CCCC(Cn2c(=O)cc(Nc3ccc4c(c3)CCC4)[nH]c2=O)C1. The summed E-state index contributed by atoms with van der Waals surface area (Å²) in [5, 5.41) is 3.16. The monoisotopic (exact) mass is 478 g/mol. The van der Waals surface area contributed by atoms with Crippen LogP contribution in [0.4, 0.5) is 11.5 Å². The van der Waals surface area contributed by atoms with E-state index in [1.807, 2.05) is 19.1 Å². The van der Waals surface area contributed by atoms with E-state index in [-0.39, 0.29) is 29.7 Å². The quantitative estimate of drug-likeness (QED) is 0.444. The highest BCUT2D eigenvalue weighted by Crippen LogP contribution is 2.26. The molecule has 0 spiro atoms. The van der Waals surface area contributed by atoms with Gasteiger partial charge in [0.15, 0.2) is 5.76 Å². The van der Waals surface area contributed by atoms with E-state index in [1.54, 1.807) is 17.9 Å². The lowest BCUT2D eigenvalue weighted by atomic mass is 9.97. The number of fused-ring (bicyclic) bond motifs is 1. The van der Waals surface area contributed by atoms with Crippen LogP contribution in [0.15, 0.2) is 58.0 Å². The minimum atomic E-state index is -0.452. The van der Waals surface area contributed by atoms with Gasteiger partial charge in [0.05, 0.1) is 6.26 Å². The Labute approximate surface area is 205 Å². The lowest BCUT2D eigenvalue weighted by Gasteiger charge is -2.33. The van der Waals surface area contributed by atoms with Gasteiger partial charge in [0.2, 0.25) is 0 Å². The van der Waals surface area contributed by atoms with E-state index >= 15 is 0 Å². The summed E-state index contributed by atoms with van der Waals surface area (Å²) < 4.78 is 6.72. The smallest absolute Gasteiger partial charge is 0.329 e. The number of piperidine rings is 1. The Morgan fingerprint density at radius 1 is 1.20 bits per heavy atom. The molecule has 0 bridgehead atoms. The van der Waals surface area contributed by atoms with Crippen molar-refractivity contribution in [3.8, 4) is 0 Å². The number of benzene rings is 1. The van der Waals surface area contributed by atoms with Crippen LogP contribution in [0.25, 0.3) is 0 Å². The number of aromatic nitrogens is 2. The Morgan fingerprint density at radius 3 is 2.80 bits per heavy atom. The van der Waals surface area contributed by atoms with E-state index in [0.29, 0.717) is 18.9 Å². The third kappa shape index (κ3) is 5.93. The highest BCUT2D eigenvalue weighted by molar-refractivity contribution is 5.91. The minimum Gasteiger partial charge on any atom is -0.460 e. The lowest BCUT2D eigenvalue weighted by molar-refractivity contribution is -0.131. The lowest BCUT2D eigenvalue weighted by Crippen LogP contribution is -2.44. The molecule has 1 atom stereocenters. The molecule has 1 aromatic carbocycles. The largest absolute Gasteiger partial charge is 0.460 e. The number of allylic oxidation sites excluding steroid dienone is 2. The zero-order chi connectivity index (χ0) is 24.8. The summed E-state index contributed by atoms with van der Waals surface area (Å²) in [5.41, 5.74) is 2.73. The number of anilines is 2. The van der Waals surface area contributed by atoms with Gasteiger partial charge in [-0.05, 0) is 86.8 Å². The van der Waals surface area contributed by atoms with Crippen molar-refractivity contribution in [3.05, 3.63) is 80.4 Å². The molecule has 186 valence electrons. The molecule has 35 heavy (non-hydrogen) atoms. The number of carbonyl (C=O) groups is 1. The molecule has 1 aliphatic carbocycles. The van der Waals surface area contributed by atoms with Gasteiger partial charge in [0.1, 0.15) is 5.82 Å². The maximum absolute atomic E-state index is 12.9. The molecule has 1 fully saturated rings. The summed E-state index contributed by atoms with van der Waals surface area (Å²) >= 11 is 0. The molecule has 1 amide bonds. The molecule has 0 radical (unpaired) electrons. The Kier molecular flexibility index (Phi) is 7.90. The van der Waals surface area contributed by atoms with E-state index < -0.39 is 5.69 Å². The molecule has 1 saturated heterocycles. The number of aryl methyl sites for hydroxylation is 2. The number of rotatable bonds is 8. The zero-order valence-electron chi connectivity index (χ0n) is 20.5. The molecule has 0 saturated carbocycles. The van der Waals surface area contributed by atoms with Crippen LogP contribution in [0, 0.1) is 5.92 Å². The molecule has 2 heterocycles. The average molecular weight is 479 g/mol. The molecule has 2 aromatic rings. The molecule has 4 rings (SSSR count). The van der Waals surface area contributed by atoms with Crippen LogP contribution < -0.4 is 16.6 Å². The van der Waals surface area contributed by atoms with E-state index in [0.717, 1.165) is 44.2 Å². The van der Waals surface area contributed by atoms with Crippen molar-refractivity contribution in [3.63, 3.8) is 0 Å². The molecule has 2 N–H and O–H groups in total. The van der Waals surface area contributed by atoms with Gasteiger partial charge >= 0.3 is 5.69 Å². The molecular weight excluding hydrogens is 444 g/mol. The maximum Gasteiger partial charge on any atom is 0.329 e. The standard InChI is InChI=1S/C27H34N4O4/c1-3-5-14-35-23(4-2)26(33)30-13-7-8-19(17-30)18-31-25(32)16-24(29-27(31)34)28-22-12-11-20-9-6-10-21(20)15-22/h4-5,11-12,14-16,19,28H,3,6-10,13,17-18H2,1-2H3,(H,29,34)/b14-5-,23-4+. The van der Waals surface area contributed by atoms with Gasteiger partial charge in [-0.25, -0.2) is 4.79 Å². The average Bonchev–Trinajstić information content (AvgIpc) is 3.32. The molecule has 8 heteroatoms. The Bertz CT molecular complexity index is 1210. The van der Waals surface area contributed by atoms with Gasteiger partial charge in [-0.3, -0.25) is 19.1 Å². The van der Waals surface area contributed by atoms with Gasteiger partial charge in [0.25, 0.3) is 11.5 Å². The molecular formula is C27H34N4O4. The van der Waals surface area contributed by atoms with E-state index in [2.05, 4.69) is 22.4 Å². The van der Waals surface area contributed by atoms with Crippen molar-refractivity contribution in [1.82, 2.24) is 14.5 Å². The third-order valence-corrected chi connectivity index (χ3v) is 6.64. The van der Waals surface area contributed by atoms with Crippen molar-refractivity contribution >= 4 is 17.4 Å². The summed E-state index contributed by atoms with van der Waals surface area (Å²) in [7, 11) is 0. The number of carbonyl (C=O) groups excluding carboxylic acids is 1. The summed E-state index contributed by atoms with van der Waals surface area (Å²) in [6, 6.07) is 7.58. The fourth-order valence-corrected chi connectivity index (χ4v) is 4.84. The van der Waals surface area contributed by atoms with Crippen LogP contribution in [0.3, 0.4) is 0 Å². The third-order valence-electron chi connectivity index (χ3n) is 6.64. The second kappa shape index (κ2) is 11.3. The number of likely N-dealkylation sites (tertiary alicyclic amines) is 1. The van der Waals surface area contributed by atoms with Crippen LogP contribution in [0.2, 0.25) is 0 Å². The number of ether oxygens (including phenoxy) is 1. The van der Waals surface area contributed by atoms with Crippen LogP contribution >= 0.6 is 0 Å². The summed E-state index contributed by atoms with van der Waals surface area (Å²) in [6.45, 7) is 5.12. The first kappa shape index (κ1) is 24.6. The van der Waals surface area contributed by atoms with Crippen molar-refractivity contribution in [2.24, 2.45) is 5.92 Å². The topological polar surface area (TPSA) is 96.4 Å². The Balaban J connectivity index is 1.42. The second-order valence-corrected chi connectivity index (χ2v) is 9.21. The van der Waals surface area contributed by atoms with Crippen molar-refractivity contribution in [1.29, 1.82) is 0 Å². The fraction of sp³-hybridized carbons (Fsp3) is 0.444. The highest BCUT2D eigenvalue weighted by Gasteiger charge is 2.27. The normalized spacial score (nSPS) is 18.1. The summed E-state index contributed by atoms with van der Waals surface area (Å²) in [4.78, 5) is 43.0. The van der Waals surface area contributed by atoms with Crippen molar-refractivity contribution in [2.75, 3.05) is 18.4 Å². The van der Waals surface area contributed by atoms with E-state index in [1.165, 1.54) is 28.0 Å². The number of nitrogens with zero attached hydrogens (tertiary/aromatic N) is 2. The molecule has 1 aromatic heterocycles. The molecule has 1 unspecified atom stereocenters. The maximum atomic E-state index is 12.9. The first-order valence-corrected chi connectivity index (χ1v) is 12.5. The van der Waals surface area contributed by atoms with Gasteiger partial charge in [-0.1, -0.05) is 13.0 Å². The zero-order valence-corrected chi connectivity index (χ0v) is 20.5. The van der Waals surface area contributed by atoms with Crippen LogP contribution in [-0.2, 0) is 28.9 Å². The minimum absolute atomic E-state index is 0.00584. The second-order valence-electron chi connectivity index (χ2n) is 9.21. The number of nitrogens with one attached hydrogen (secondary N) is 2. The van der Waals surface area contributed by atoms with Crippen molar-refractivity contribution < 1.29 is 9.53 Å². The number of H-pyrrole nitrogens is 1. The van der Waals surface area contributed by atoms with Gasteiger partial charge in [0, 0.05) is 31.4 Å². The van der Waals surface area contributed by atoms with Crippen LogP contribution in [0.5, 0.6) is 0 Å². The molecule has 1 aliphatic heterocycles. The first-order valence-electron chi connectivity index (χ1n) is 12.5. The first-order chi connectivity index (χ1) is 17.0. The van der Waals surface area contributed by atoms with Gasteiger partial charge in [-0.2, -0.15) is 0 Å². The van der Waals surface area contributed by atoms with E-state index in [9.17, 15) is 14.4 Å². The highest BCUT2D eigenvalue weighted by atomic mass is 16.5. The Morgan fingerprint density at radius 2 is 2.03 bits per heavy atom. The number of aromatic amines is 1. The molecule has 2 aliphatic rings. The molecule has 8 nitrogen and oxygen atoms in total. The predicted octanol–water partition coefficient (Wildman–Crippen LogP) is 3.85. The van der Waals surface area contributed by atoms with Crippen molar-refractivity contribution in [2.45, 2.75) is 58.9 Å². The predicted molar refractivity (Wildman–Crippen MR) is 137 cm³/mol. The summed E-state index contributed by atoms with van der Waals surface area (Å²) in [6.07, 6.45) is 10.8. The summed E-state index contributed by atoms with van der Waals surface area (Å²) in [5.74, 6) is 0.497. The van der Waals surface area contributed by atoms with E-state index in [4.69, 9.17) is 4.74 Å². The van der Waals surface area contributed by atoms with Gasteiger partial charge in [-0.15, -0.1) is 0 Å². The Hall–Kier alpha value is -3.55. The number of amides is 1. The number of hydrogen-bond acceptors (Lipinski definition) is 5. The van der Waals surface area contributed by atoms with Gasteiger partial charge < -0.3 is 15.0 Å².